The van der Waals surface area contributed by atoms with Gasteiger partial charge in [-0.1, -0.05) is 42.1 Å². The molecular formula is C16H13N5OS. The molecule has 0 bridgehead atoms. The van der Waals surface area contributed by atoms with Crippen molar-refractivity contribution in [3.63, 3.8) is 0 Å². The zero-order valence-electron chi connectivity index (χ0n) is 12.1. The molecule has 7 heteroatoms. The standard InChI is InChI=1S/C16H13N5OS/c17-14(22)10-23-16-19-18-15-20(11-6-2-1-3-7-11)12-8-4-5-9-13(12)21(15)16/h1-9H,10H2,(H2,17,22). The maximum Gasteiger partial charge on any atom is 0.241 e. The van der Waals surface area contributed by atoms with E-state index in [1.807, 2.05) is 59.0 Å². The third kappa shape index (κ3) is 2.25. The zero-order chi connectivity index (χ0) is 15.8. The van der Waals surface area contributed by atoms with Crippen LogP contribution < -0.4 is 5.73 Å². The number of primary amides is 1. The number of amides is 1. The molecule has 0 atom stereocenters. The van der Waals surface area contributed by atoms with E-state index in [1.165, 1.54) is 11.8 Å². The molecule has 2 N–H and O–H groups in total. The lowest BCUT2D eigenvalue weighted by Gasteiger charge is -2.03. The predicted molar refractivity (Wildman–Crippen MR) is 89.7 cm³/mol. The SMILES string of the molecule is NC(=O)CSc1nnc2n(-c3ccccc3)c3ccccc3n12. The summed E-state index contributed by atoms with van der Waals surface area (Å²) in [5.74, 6) is 0.508. The topological polar surface area (TPSA) is 78.2 Å². The third-order valence-corrected chi connectivity index (χ3v) is 4.49. The van der Waals surface area contributed by atoms with Gasteiger partial charge < -0.3 is 5.73 Å². The summed E-state index contributed by atoms with van der Waals surface area (Å²) in [6.07, 6.45) is 0. The van der Waals surface area contributed by atoms with Crippen molar-refractivity contribution in [2.75, 3.05) is 5.75 Å². The van der Waals surface area contributed by atoms with Crippen molar-refractivity contribution >= 4 is 34.5 Å². The number of nitrogens with zero attached hydrogens (tertiary/aromatic N) is 4. The largest absolute Gasteiger partial charge is 0.369 e. The van der Waals surface area contributed by atoms with Crippen LogP contribution in [0.5, 0.6) is 0 Å². The van der Waals surface area contributed by atoms with Gasteiger partial charge in [-0.05, 0) is 24.3 Å². The fourth-order valence-electron chi connectivity index (χ4n) is 2.63. The fraction of sp³-hybridized carbons (Fsp3) is 0.0625. The van der Waals surface area contributed by atoms with Gasteiger partial charge in [-0.15, -0.1) is 10.2 Å². The Labute approximate surface area is 135 Å². The highest BCUT2D eigenvalue weighted by molar-refractivity contribution is 7.99. The maximum atomic E-state index is 11.1. The van der Waals surface area contributed by atoms with Crippen LogP contribution in [0.3, 0.4) is 0 Å². The predicted octanol–water partition coefficient (Wildman–Crippen LogP) is 2.25. The summed E-state index contributed by atoms with van der Waals surface area (Å²) in [5.41, 5.74) is 8.27. The van der Waals surface area contributed by atoms with E-state index < -0.39 is 0 Å². The Morgan fingerprint density at radius 3 is 2.43 bits per heavy atom. The summed E-state index contributed by atoms with van der Waals surface area (Å²) in [6, 6.07) is 18.0. The van der Waals surface area contributed by atoms with Crippen LogP contribution in [0.2, 0.25) is 0 Å². The van der Waals surface area contributed by atoms with Gasteiger partial charge >= 0.3 is 0 Å². The molecule has 114 valence electrons. The second-order valence-corrected chi connectivity index (χ2v) is 5.98. The van der Waals surface area contributed by atoms with E-state index in [4.69, 9.17) is 5.73 Å². The summed E-state index contributed by atoms with van der Waals surface area (Å²) < 4.78 is 4.01. The zero-order valence-corrected chi connectivity index (χ0v) is 12.9. The number of rotatable bonds is 4. The molecule has 23 heavy (non-hydrogen) atoms. The number of carbonyl (C=O) groups excluding carboxylic acids is 1. The first-order valence-corrected chi connectivity index (χ1v) is 8.05. The van der Waals surface area contributed by atoms with Gasteiger partial charge in [0.2, 0.25) is 11.7 Å². The van der Waals surface area contributed by atoms with Crippen LogP contribution in [0.15, 0.2) is 59.8 Å². The molecule has 1 amide bonds. The van der Waals surface area contributed by atoms with Crippen molar-refractivity contribution in [2.45, 2.75) is 5.16 Å². The number of carbonyl (C=O) groups is 1. The van der Waals surface area contributed by atoms with Gasteiger partial charge in [0.25, 0.3) is 0 Å². The molecule has 0 spiro atoms. The van der Waals surface area contributed by atoms with Gasteiger partial charge in [0, 0.05) is 5.69 Å². The van der Waals surface area contributed by atoms with Crippen LogP contribution in [0.1, 0.15) is 0 Å². The number of hydrogen-bond acceptors (Lipinski definition) is 4. The molecule has 4 aromatic rings. The number of nitrogens with two attached hydrogens (primary N) is 1. The minimum atomic E-state index is -0.376. The van der Waals surface area contributed by atoms with Crippen LogP contribution in [0.25, 0.3) is 22.5 Å². The smallest absolute Gasteiger partial charge is 0.241 e. The van der Waals surface area contributed by atoms with Crippen molar-refractivity contribution < 1.29 is 4.79 Å². The van der Waals surface area contributed by atoms with Crippen LogP contribution in [-0.4, -0.2) is 30.8 Å². The second-order valence-electron chi connectivity index (χ2n) is 5.03. The number of hydrogen-bond donors (Lipinski definition) is 1. The van der Waals surface area contributed by atoms with Crippen molar-refractivity contribution in [1.29, 1.82) is 0 Å². The van der Waals surface area contributed by atoms with Crippen LogP contribution in [-0.2, 0) is 4.79 Å². The van der Waals surface area contributed by atoms with Crippen molar-refractivity contribution in [1.82, 2.24) is 19.2 Å². The lowest BCUT2D eigenvalue weighted by atomic mass is 10.3. The maximum absolute atomic E-state index is 11.1. The highest BCUT2D eigenvalue weighted by Crippen LogP contribution is 2.28. The van der Waals surface area contributed by atoms with Crippen molar-refractivity contribution in [3.05, 3.63) is 54.6 Å². The van der Waals surface area contributed by atoms with E-state index in [-0.39, 0.29) is 11.7 Å². The van der Waals surface area contributed by atoms with Crippen LogP contribution in [0.4, 0.5) is 0 Å². The molecule has 2 aromatic heterocycles. The number of benzene rings is 2. The first-order chi connectivity index (χ1) is 11.3. The fourth-order valence-corrected chi connectivity index (χ4v) is 3.31. The van der Waals surface area contributed by atoms with Crippen molar-refractivity contribution in [2.24, 2.45) is 5.73 Å². The van der Waals surface area contributed by atoms with Crippen molar-refractivity contribution in [3.8, 4) is 5.69 Å². The molecular weight excluding hydrogens is 310 g/mol. The lowest BCUT2D eigenvalue weighted by molar-refractivity contribution is -0.115. The van der Waals surface area contributed by atoms with E-state index in [1.54, 1.807) is 0 Å². The molecule has 0 fully saturated rings. The summed E-state index contributed by atoms with van der Waals surface area (Å²) in [4.78, 5) is 11.1. The number of thioether (sulfide) groups is 1. The second kappa shape index (κ2) is 5.44. The normalized spacial score (nSPS) is 11.3. The van der Waals surface area contributed by atoms with E-state index in [0.29, 0.717) is 10.9 Å². The molecule has 0 saturated heterocycles. The number of imidazole rings is 1. The van der Waals surface area contributed by atoms with Gasteiger partial charge in [-0.2, -0.15) is 0 Å². The number of aromatic nitrogens is 4. The lowest BCUT2D eigenvalue weighted by Crippen LogP contribution is -2.13. The molecule has 0 aliphatic carbocycles. The molecule has 0 unspecified atom stereocenters. The summed E-state index contributed by atoms with van der Waals surface area (Å²) >= 11 is 1.29. The molecule has 2 heterocycles. The Morgan fingerprint density at radius 1 is 1.00 bits per heavy atom. The van der Waals surface area contributed by atoms with Gasteiger partial charge in [0.15, 0.2) is 5.16 Å². The quantitative estimate of drug-likeness (QED) is 0.584. The Morgan fingerprint density at radius 2 is 1.70 bits per heavy atom. The highest BCUT2D eigenvalue weighted by atomic mass is 32.2. The first-order valence-electron chi connectivity index (χ1n) is 7.07. The molecule has 0 radical (unpaired) electrons. The molecule has 0 aliphatic rings. The average Bonchev–Trinajstić information content (AvgIpc) is 3.11. The third-order valence-electron chi connectivity index (χ3n) is 3.54. The van der Waals surface area contributed by atoms with Crippen LogP contribution >= 0.6 is 11.8 Å². The minimum Gasteiger partial charge on any atom is -0.369 e. The molecule has 6 nitrogen and oxygen atoms in total. The monoisotopic (exact) mass is 323 g/mol. The van der Waals surface area contributed by atoms with E-state index in [2.05, 4.69) is 14.8 Å². The van der Waals surface area contributed by atoms with Gasteiger partial charge in [0.05, 0.1) is 16.8 Å². The summed E-state index contributed by atoms with van der Waals surface area (Å²) in [5, 5.41) is 9.18. The van der Waals surface area contributed by atoms with Gasteiger partial charge in [-0.3, -0.25) is 13.8 Å². The molecule has 0 aliphatic heterocycles. The molecule has 2 aromatic carbocycles. The Hall–Kier alpha value is -2.80. The van der Waals surface area contributed by atoms with Crippen LogP contribution in [0, 0.1) is 0 Å². The van der Waals surface area contributed by atoms with E-state index in [0.717, 1.165) is 16.7 Å². The molecule has 4 rings (SSSR count). The number of para-hydroxylation sites is 3. The average molecular weight is 323 g/mol. The summed E-state index contributed by atoms with van der Waals surface area (Å²) in [6.45, 7) is 0. The van der Waals surface area contributed by atoms with Gasteiger partial charge in [-0.25, -0.2) is 0 Å². The Bertz CT molecular complexity index is 1010. The van der Waals surface area contributed by atoms with E-state index >= 15 is 0 Å². The van der Waals surface area contributed by atoms with Gasteiger partial charge in [0.1, 0.15) is 0 Å². The molecule has 0 saturated carbocycles. The van der Waals surface area contributed by atoms with E-state index in [9.17, 15) is 4.79 Å². The minimum absolute atomic E-state index is 0.172. The first kappa shape index (κ1) is 13.8. The Balaban J connectivity index is 2.00. The number of fused-ring (bicyclic) bond motifs is 3. The summed E-state index contributed by atoms with van der Waals surface area (Å²) in [7, 11) is 0. The Kier molecular flexibility index (Phi) is 3.27. The highest BCUT2D eigenvalue weighted by Gasteiger charge is 2.18.